The van der Waals surface area contributed by atoms with Crippen LogP contribution in [0.1, 0.15) is 58.6 Å². The number of hydrogen-bond acceptors (Lipinski definition) is 3. The molecule has 1 amide bonds. The number of rotatable bonds is 6. The van der Waals surface area contributed by atoms with Crippen molar-refractivity contribution in [1.29, 1.82) is 0 Å². The van der Waals surface area contributed by atoms with Crippen molar-refractivity contribution in [1.82, 2.24) is 4.90 Å². The minimum atomic E-state index is -0.174. The van der Waals surface area contributed by atoms with E-state index in [1.165, 1.54) is 0 Å². The van der Waals surface area contributed by atoms with Crippen LogP contribution in [0.25, 0.3) is 0 Å². The quantitative estimate of drug-likeness (QED) is 0.718. The summed E-state index contributed by atoms with van der Waals surface area (Å²) in [5.41, 5.74) is 1.10. The molecule has 1 aromatic carbocycles. The highest BCUT2D eigenvalue weighted by atomic mass is 32.2. The minimum absolute atomic E-state index is 0.138. The molecule has 1 aliphatic rings. The molecule has 1 saturated heterocycles. The zero-order valence-electron chi connectivity index (χ0n) is 14.0. The van der Waals surface area contributed by atoms with E-state index in [1.807, 2.05) is 23.1 Å². The lowest BCUT2D eigenvalue weighted by Gasteiger charge is -2.27. The van der Waals surface area contributed by atoms with E-state index in [9.17, 15) is 4.79 Å². The second-order valence-corrected chi connectivity index (χ2v) is 8.55. The van der Waals surface area contributed by atoms with Crippen molar-refractivity contribution in [2.75, 3.05) is 5.88 Å². The Hall–Kier alpha value is -1.16. The van der Waals surface area contributed by atoms with Crippen LogP contribution in [0.4, 0.5) is 4.79 Å². The van der Waals surface area contributed by atoms with Gasteiger partial charge in [0.05, 0.1) is 11.9 Å². The van der Waals surface area contributed by atoms with Crippen molar-refractivity contribution in [3.63, 3.8) is 0 Å². The number of cyclic esters (lactones) is 1. The standard InChI is InChI=1S/C18H27NO2S/c1-5-6-12-15-16(14-10-8-7-9-11-14)21-17(20)19(15)13-22-18(2,3)4/h7-11,15-16H,5-6,12-13H2,1-4H3/t15-,16-/m1/s1. The van der Waals surface area contributed by atoms with Gasteiger partial charge in [-0.1, -0.05) is 70.9 Å². The molecule has 0 unspecified atom stereocenters. The van der Waals surface area contributed by atoms with Crippen molar-refractivity contribution < 1.29 is 9.53 Å². The van der Waals surface area contributed by atoms with E-state index < -0.39 is 0 Å². The second kappa shape index (κ2) is 7.40. The fourth-order valence-electron chi connectivity index (χ4n) is 2.62. The first-order chi connectivity index (χ1) is 10.4. The van der Waals surface area contributed by atoms with E-state index in [2.05, 4.69) is 39.8 Å². The van der Waals surface area contributed by atoms with Gasteiger partial charge < -0.3 is 4.74 Å². The summed E-state index contributed by atoms with van der Waals surface area (Å²) in [5.74, 6) is 0.694. The van der Waals surface area contributed by atoms with Crippen LogP contribution in [-0.2, 0) is 4.74 Å². The predicted molar refractivity (Wildman–Crippen MR) is 93.0 cm³/mol. The number of ether oxygens (including phenoxy) is 1. The second-order valence-electron chi connectivity index (χ2n) is 6.78. The molecular formula is C18H27NO2S. The molecule has 1 fully saturated rings. The first kappa shape index (κ1) is 17.2. The van der Waals surface area contributed by atoms with Gasteiger partial charge in [0.15, 0.2) is 0 Å². The van der Waals surface area contributed by atoms with Crippen molar-refractivity contribution in [3.05, 3.63) is 35.9 Å². The molecule has 2 atom stereocenters. The summed E-state index contributed by atoms with van der Waals surface area (Å²) in [6.45, 7) is 8.71. The van der Waals surface area contributed by atoms with Crippen molar-refractivity contribution in [2.24, 2.45) is 0 Å². The Labute approximate surface area is 138 Å². The molecule has 0 saturated carbocycles. The van der Waals surface area contributed by atoms with E-state index in [0.29, 0.717) is 5.88 Å². The first-order valence-electron chi connectivity index (χ1n) is 8.08. The molecule has 1 aliphatic heterocycles. The highest BCUT2D eigenvalue weighted by molar-refractivity contribution is 8.00. The summed E-state index contributed by atoms with van der Waals surface area (Å²) < 4.78 is 5.85. The maximum absolute atomic E-state index is 12.3. The summed E-state index contributed by atoms with van der Waals surface area (Å²) in [6.07, 6.45) is 2.92. The number of hydrogen-bond donors (Lipinski definition) is 0. The molecular weight excluding hydrogens is 294 g/mol. The number of carbonyl (C=O) groups excluding carboxylic acids is 1. The highest BCUT2D eigenvalue weighted by Gasteiger charge is 2.42. The van der Waals surface area contributed by atoms with Gasteiger partial charge in [-0.15, -0.1) is 11.8 Å². The zero-order valence-corrected chi connectivity index (χ0v) is 14.9. The molecule has 0 radical (unpaired) electrons. The monoisotopic (exact) mass is 321 g/mol. The average Bonchev–Trinajstić information content (AvgIpc) is 2.79. The number of benzene rings is 1. The Morgan fingerprint density at radius 1 is 1.23 bits per heavy atom. The van der Waals surface area contributed by atoms with Gasteiger partial charge >= 0.3 is 6.09 Å². The van der Waals surface area contributed by atoms with E-state index in [-0.39, 0.29) is 23.0 Å². The average molecular weight is 321 g/mol. The van der Waals surface area contributed by atoms with Crippen molar-refractivity contribution in [2.45, 2.75) is 63.9 Å². The van der Waals surface area contributed by atoms with Crippen LogP contribution >= 0.6 is 11.8 Å². The molecule has 0 N–H and O–H groups in total. The summed E-state index contributed by atoms with van der Waals surface area (Å²) in [6, 6.07) is 10.3. The smallest absolute Gasteiger partial charge is 0.411 e. The minimum Gasteiger partial charge on any atom is -0.439 e. The molecule has 0 spiro atoms. The van der Waals surface area contributed by atoms with Crippen LogP contribution in [0, 0.1) is 0 Å². The van der Waals surface area contributed by atoms with E-state index in [4.69, 9.17) is 4.74 Å². The summed E-state index contributed by atoms with van der Waals surface area (Å²) in [5, 5.41) is 0. The topological polar surface area (TPSA) is 29.5 Å². The van der Waals surface area contributed by atoms with E-state index in [0.717, 1.165) is 24.8 Å². The molecule has 0 aliphatic carbocycles. The van der Waals surface area contributed by atoms with Crippen molar-refractivity contribution >= 4 is 17.9 Å². The number of nitrogens with zero attached hydrogens (tertiary/aromatic N) is 1. The third-order valence-corrected chi connectivity index (χ3v) is 5.10. The van der Waals surface area contributed by atoms with Gasteiger partial charge in [-0.3, -0.25) is 4.90 Å². The Balaban J connectivity index is 2.15. The number of unbranched alkanes of at least 4 members (excludes halogenated alkanes) is 1. The third kappa shape index (κ3) is 4.42. The Morgan fingerprint density at radius 2 is 1.91 bits per heavy atom. The van der Waals surface area contributed by atoms with Gasteiger partial charge in [0.2, 0.25) is 0 Å². The van der Waals surface area contributed by atoms with Crippen LogP contribution < -0.4 is 0 Å². The van der Waals surface area contributed by atoms with Crippen LogP contribution in [0.3, 0.4) is 0 Å². The van der Waals surface area contributed by atoms with E-state index in [1.54, 1.807) is 11.8 Å². The summed E-state index contributed by atoms with van der Waals surface area (Å²) in [4.78, 5) is 14.3. The van der Waals surface area contributed by atoms with Gasteiger partial charge in [-0.2, -0.15) is 0 Å². The maximum Gasteiger partial charge on any atom is 0.411 e. The fourth-order valence-corrected chi connectivity index (χ4v) is 3.44. The van der Waals surface area contributed by atoms with Gasteiger partial charge in [-0.05, 0) is 12.0 Å². The van der Waals surface area contributed by atoms with E-state index >= 15 is 0 Å². The maximum atomic E-state index is 12.3. The van der Waals surface area contributed by atoms with Crippen LogP contribution in [0.5, 0.6) is 0 Å². The lowest BCUT2D eigenvalue weighted by molar-refractivity contribution is 0.129. The number of thioether (sulfide) groups is 1. The zero-order chi connectivity index (χ0) is 16.2. The lowest BCUT2D eigenvalue weighted by Crippen LogP contribution is -2.35. The molecule has 2 rings (SSSR count). The van der Waals surface area contributed by atoms with Gasteiger partial charge in [0.25, 0.3) is 0 Å². The summed E-state index contributed by atoms with van der Waals surface area (Å²) >= 11 is 1.79. The molecule has 22 heavy (non-hydrogen) atoms. The Kier molecular flexibility index (Phi) is 5.79. The first-order valence-corrected chi connectivity index (χ1v) is 9.07. The normalized spacial score (nSPS) is 22.0. The van der Waals surface area contributed by atoms with Crippen molar-refractivity contribution in [3.8, 4) is 0 Å². The molecule has 3 nitrogen and oxygen atoms in total. The van der Waals surface area contributed by atoms with Gasteiger partial charge in [-0.25, -0.2) is 4.79 Å². The SMILES string of the molecule is CCCC[C@@H]1[C@@H](c2ccccc2)OC(=O)N1CSC(C)(C)C. The number of carbonyl (C=O) groups is 1. The lowest BCUT2D eigenvalue weighted by atomic mass is 9.98. The molecule has 1 aromatic rings. The van der Waals surface area contributed by atoms with Gasteiger partial charge in [0, 0.05) is 4.75 Å². The Bertz CT molecular complexity index is 484. The molecule has 4 heteroatoms. The molecule has 0 bridgehead atoms. The molecule has 1 heterocycles. The van der Waals surface area contributed by atoms with Crippen LogP contribution in [0.2, 0.25) is 0 Å². The third-order valence-electron chi connectivity index (χ3n) is 3.83. The highest BCUT2D eigenvalue weighted by Crippen LogP contribution is 2.37. The Morgan fingerprint density at radius 3 is 2.50 bits per heavy atom. The summed E-state index contributed by atoms with van der Waals surface area (Å²) in [7, 11) is 0. The van der Waals surface area contributed by atoms with Gasteiger partial charge in [0.1, 0.15) is 6.10 Å². The molecule has 122 valence electrons. The largest absolute Gasteiger partial charge is 0.439 e. The predicted octanol–water partition coefficient (Wildman–Crippen LogP) is 5.23. The van der Waals surface area contributed by atoms with Crippen LogP contribution in [0.15, 0.2) is 30.3 Å². The number of amides is 1. The fraction of sp³-hybridized carbons (Fsp3) is 0.611. The van der Waals surface area contributed by atoms with Crippen LogP contribution in [-0.4, -0.2) is 27.7 Å². The molecule has 0 aromatic heterocycles.